The fraction of sp³-hybridized carbons (Fsp3) is 0.615. The predicted octanol–water partition coefficient (Wildman–Crippen LogP) is 2.21. The number of hydrogen-bond acceptors (Lipinski definition) is 4. The number of anilines is 2. The molecule has 4 heteroatoms. The summed E-state index contributed by atoms with van der Waals surface area (Å²) in [6.45, 7) is 9.05. The van der Waals surface area contributed by atoms with Crippen molar-refractivity contribution in [2.24, 2.45) is 5.73 Å². The number of pyridine rings is 1. The Balaban J connectivity index is 3.13. The van der Waals surface area contributed by atoms with Gasteiger partial charge in [0.25, 0.3) is 0 Å². The van der Waals surface area contributed by atoms with Crippen LogP contribution in [0.1, 0.15) is 33.3 Å². The predicted molar refractivity (Wildman–Crippen MR) is 74.4 cm³/mol. The molecule has 0 saturated heterocycles. The summed E-state index contributed by atoms with van der Waals surface area (Å²) >= 11 is 0. The van der Waals surface area contributed by atoms with E-state index in [4.69, 9.17) is 5.73 Å². The molecule has 0 saturated carbocycles. The molecule has 1 heterocycles. The quantitative estimate of drug-likeness (QED) is 0.823. The number of hydrogen-bond donors (Lipinski definition) is 2. The van der Waals surface area contributed by atoms with E-state index in [9.17, 15) is 0 Å². The Kier molecular flexibility index (Phi) is 4.75. The van der Waals surface area contributed by atoms with Crippen LogP contribution in [0.15, 0.2) is 12.4 Å². The summed E-state index contributed by atoms with van der Waals surface area (Å²) in [5.74, 6) is 0. The van der Waals surface area contributed by atoms with E-state index in [-0.39, 0.29) is 0 Å². The maximum absolute atomic E-state index is 5.87. The van der Waals surface area contributed by atoms with Gasteiger partial charge in [0.2, 0.25) is 0 Å². The maximum atomic E-state index is 5.87. The number of nitrogens with one attached hydrogen (secondary N) is 1. The third-order valence-electron chi connectivity index (χ3n) is 2.84. The van der Waals surface area contributed by atoms with Crippen LogP contribution in [0.25, 0.3) is 0 Å². The first-order chi connectivity index (χ1) is 7.97. The molecule has 1 aromatic rings. The van der Waals surface area contributed by atoms with Gasteiger partial charge in [-0.3, -0.25) is 4.98 Å². The third kappa shape index (κ3) is 3.33. The van der Waals surface area contributed by atoms with Gasteiger partial charge in [-0.25, -0.2) is 0 Å². The van der Waals surface area contributed by atoms with E-state index < -0.39 is 0 Å². The number of rotatable bonds is 5. The van der Waals surface area contributed by atoms with Crippen molar-refractivity contribution in [3.8, 4) is 0 Å². The van der Waals surface area contributed by atoms with Gasteiger partial charge < -0.3 is 16.0 Å². The summed E-state index contributed by atoms with van der Waals surface area (Å²) < 4.78 is 0. The lowest BCUT2D eigenvalue weighted by Crippen LogP contribution is -2.28. The first-order valence-electron chi connectivity index (χ1n) is 6.13. The van der Waals surface area contributed by atoms with E-state index in [1.165, 1.54) is 0 Å². The van der Waals surface area contributed by atoms with Crippen molar-refractivity contribution in [2.75, 3.05) is 17.3 Å². The zero-order valence-corrected chi connectivity index (χ0v) is 11.5. The first-order valence-corrected chi connectivity index (χ1v) is 6.13. The molecule has 1 rings (SSSR count). The number of nitrogens with zero attached hydrogens (tertiary/aromatic N) is 2. The summed E-state index contributed by atoms with van der Waals surface area (Å²) in [7, 11) is 2.07. The second-order valence-corrected chi connectivity index (χ2v) is 4.89. The van der Waals surface area contributed by atoms with Gasteiger partial charge >= 0.3 is 0 Å². The molecule has 1 aromatic heterocycles. The highest BCUT2D eigenvalue weighted by Crippen LogP contribution is 2.26. The summed E-state index contributed by atoms with van der Waals surface area (Å²) in [5, 5.41) is 3.39. The van der Waals surface area contributed by atoms with Crippen LogP contribution in [-0.4, -0.2) is 24.1 Å². The van der Waals surface area contributed by atoms with Gasteiger partial charge in [-0.15, -0.1) is 0 Å². The lowest BCUT2D eigenvalue weighted by molar-refractivity contribution is 0.746. The molecule has 0 unspecified atom stereocenters. The standard InChI is InChI=1S/C13H24N4/c1-9(2)16-12-7-15-8-13(11(12)6-14)17(5)10(3)4/h7-10,16H,6,14H2,1-5H3. The lowest BCUT2D eigenvalue weighted by Gasteiger charge is -2.27. The van der Waals surface area contributed by atoms with Crippen LogP contribution >= 0.6 is 0 Å². The molecule has 0 fully saturated rings. The minimum atomic E-state index is 0.377. The van der Waals surface area contributed by atoms with Crippen molar-refractivity contribution in [1.29, 1.82) is 0 Å². The Bertz CT molecular complexity index is 360. The van der Waals surface area contributed by atoms with Crippen LogP contribution in [0.4, 0.5) is 11.4 Å². The topological polar surface area (TPSA) is 54.2 Å². The zero-order chi connectivity index (χ0) is 13.0. The summed E-state index contributed by atoms with van der Waals surface area (Å²) in [6, 6.07) is 0.804. The maximum Gasteiger partial charge on any atom is 0.0618 e. The average Bonchev–Trinajstić information content (AvgIpc) is 2.26. The Morgan fingerprint density at radius 1 is 1.29 bits per heavy atom. The largest absolute Gasteiger partial charge is 0.381 e. The van der Waals surface area contributed by atoms with Gasteiger partial charge in [-0.2, -0.15) is 0 Å². The molecule has 3 N–H and O–H groups in total. The van der Waals surface area contributed by atoms with Gasteiger partial charge in [-0.1, -0.05) is 0 Å². The van der Waals surface area contributed by atoms with E-state index in [0.717, 1.165) is 16.9 Å². The van der Waals surface area contributed by atoms with Crippen LogP contribution < -0.4 is 16.0 Å². The van der Waals surface area contributed by atoms with Crippen LogP contribution in [0.2, 0.25) is 0 Å². The number of nitrogens with two attached hydrogens (primary N) is 1. The van der Waals surface area contributed by atoms with E-state index in [0.29, 0.717) is 18.6 Å². The van der Waals surface area contributed by atoms with Gasteiger partial charge in [0.05, 0.1) is 23.8 Å². The average molecular weight is 236 g/mol. The minimum absolute atomic E-state index is 0.377. The summed E-state index contributed by atoms with van der Waals surface area (Å²) in [6.07, 6.45) is 3.73. The highest BCUT2D eigenvalue weighted by Gasteiger charge is 2.13. The molecule has 0 atom stereocenters. The van der Waals surface area contributed by atoms with Crippen molar-refractivity contribution in [3.63, 3.8) is 0 Å². The Morgan fingerprint density at radius 2 is 1.94 bits per heavy atom. The highest BCUT2D eigenvalue weighted by atomic mass is 15.1. The van der Waals surface area contributed by atoms with Gasteiger partial charge in [-0.05, 0) is 27.7 Å². The second-order valence-electron chi connectivity index (χ2n) is 4.89. The first kappa shape index (κ1) is 13.8. The zero-order valence-electron chi connectivity index (χ0n) is 11.5. The molecule has 0 radical (unpaired) electrons. The third-order valence-corrected chi connectivity index (χ3v) is 2.84. The van der Waals surface area contributed by atoms with Crippen molar-refractivity contribution < 1.29 is 0 Å². The van der Waals surface area contributed by atoms with Crippen LogP contribution in [0, 0.1) is 0 Å². The molecular weight excluding hydrogens is 212 g/mol. The second kappa shape index (κ2) is 5.87. The molecule has 17 heavy (non-hydrogen) atoms. The van der Waals surface area contributed by atoms with E-state index in [1.54, 1.807) is 0 Å². The van der Waals surface area contributed by atoms with Crippen molar-refractivity contribution in [1.82, 2.24) is 4.98 Å². The van der Waals surface area contributed by atoms with Gasteiger partial charge in [0.1, 0.15) is 0 Å². The lowest BCUT2D eigenvalue weighted by atomic mass is 10.1. The Morgan fingerprint density at radius 3 is 2.41 bits per heavy atom. The summed E-state index contributed by atoms with van der Waals surface area (Å²) in [4.78, 5) is 6.49. The Labute approximate surface area is 104 Å². The molecule has 4 nitrogen and oxygen atoms in total. The summed E-state index contributed by atoms with van der Waals surface area (Å²) in [5.41, 5.74) is 9.14. The Hall–Kier alpha value is -1.29. The normalized spacial score (nSPS) is 11.1. The van der Waals surface area contributed by atoms with Gasteiger partial charge in [0, 0.05) is 31.2 Å². The van der Waals surface area contributed by atoms with E-state index in [1.807, 2.05) is 12.4 Å². The molecular formula is C13H24N4. The van der Waals surface area contributed by atoms with Gasteiger partial charge in [0.15, 0.2) is 0 Å². The monoisotopic (exact) mass is 236 g/mol. The highest BCUT2D eigenvalue weighted by molar-refractivity contribution is 5.65. The van der Waals surface area contributed by atoms with Crippen molar-refractivity contribution in [2.45, 2.75) is 46.3 Å². The molecule has 0 amide bonds. The van der Waals surface area contributed by atoms with Crippen molar-refractivity contribution in [3.05, 3.63) is 18.0 Å². The molecule has 0 aliphatic rings. The van der Waals surface area contributed by atoms with Crippen LogP contribution in [-0.2, 0) is 6.54 Å². The fourth-order valence-corrected chi connectivity index (χ4v) is 1.71. The van der Waals surface area contributed by atoms with E-state index in [2.05, 4.69) is 49.9 Å². The number of aromatic nitrogens is 1. The molecule has 0 aliphatic carbocycles. The molecule has 0 aliphatic heterocycles. The minimum Gasteiger partial charge on any atom is -0.381 e. The SMILES string of the molecule is CC(C)Nc1cncc(N(C)C(C)C)c1CN. The van der Waals surface area contributed by atoms with Crippen LogP contribution in [0.5, 0.6) is 0 Å². The van der Waals surface area contributed by atoms with Crippen LogP contribution in [0.3, 0.4) is 0 Å². The molecule has 0 spiro atoms. The molecule has 0 aromatic carbocycles. The molecule has 96 valence electrons. The van der Waals surface area contributed by atoms with Crippen molar-refractivity contribution >= 4 is 11.4 Å². The molecule has 0 bridgehead atoms. The fourth-order valence-electron chi connectivity index (χ4n) is 1.71. The smallest absolute Gasteiger partial charge is 0.0618 e. The van der Waals surface area contributed by atoms with E-state index >= 15 is 0 Å².